The molecule has 8 heteroatoms. The summed E-state index contributed by atoms with van der Waals surface area (Å²) < 4.78 is 0. The van der Waals surface area contributed by atoms with E-state index in [0.29, 0.717) is 37.2 Å². The van der Waals surface area contributed by atoms with Crippen molar-refractivity contribution in [3.05, 3.63) is 70.5 Å². The molecular formula is C33H33N5O3. The monoisotopic (exact) mass is 547 g/mol. The number of benzene rings is 2. The van der Waals surface area contributed by atoms with Gasteiger partial charge in [-0.05, 0) is 53.0 Å². The Hall–Kier alpha value is -4.33. The molecule has 3 aromatic rings. The number of hydrogen-bond acceptors (Lipinski definition) is 7. The summed E-state index contributed by atoms with van der Waals surface area (Å²) >= 11 is 0. The number of anilines is 2. The van der Waals surface area contributed by atoms with Crippen LogP contribution >= 0.6 is 0 Å². The van der Waals surface area contributed by atoms with E-state index in [1.807, 2.05) is 61.2 Å². The van der Waals surface area contributed by atoms with Gasteiger partial charge in [0.1, 0.15) is 17.6 Å². The Balaban J connectivity index is 1.30. The molecular weight excluding hydrogens is 514 g/mol. The zero-order valence-corrected chi connectivity index (χ0v) is 23.4. The van der Waals surface area contributed by atoms with Gasteiger partial charge in [-0.15, -0.1) is 0 Å². The molecule has 3 aliphatic carbocycles. The molecule has 1 saturated carbocycles. The fourth-order valence-electron chi connectivity index (χ4n) is 7.35. The van der Waals surface area contributed by atoms with Crippen LogP contribution in [0.15, 0.2) is 48.9 Å². The van der Waals surface area contributed by atoms with Gasteiger partial charge >= 0.3 is 0 Å². The molecule has 2 heterocycles. The summed E-state index contributed by atoms with van der Waals surface area (Å²) in [5.74, 6) is 0.414. The van der Waals surface area contributed by atoms with Crippen LogP contribution in [-0.4, -0.2) is 58.6 Å². The number of carbonyl (C=O) groups is 3. The molecule has 0 bridgehead atoms. The Morgan fingerprint density at radius 3 is 2.61 bits per heavy atom. The van der Waals surface area contributed by atoms with Gasteiger partial charge in [-0.25, -0.2) is 9.97 Å². The lowest BCUT2D eigenvalue weighted by atomic mass is 9.73. The molecule has 1 amide bonds. The highest BCUT2D eigenvalue weighted by Gasteiger charge is 2.49. The Morgan fingerprint density at radius 1 is 1.05 bits per heavy atom. The topological polar surface area (TPSA) is 86.7 Å². The number of rotatable bonds is 6. The average Bonchev–Trinajstić information content (AvgIpc) is 3.66. The first-order chi connectivity index (χ1) is 19.9. The van der Waals surface area contributed by atoms with Crippen molar-refractivity contribution in [1.29, 1.82) is 0 Å². The fraction of sp³-hybridized carbons (Fsp3) is 0.364. The SMILES string of the molecule is CC1C=c2c(ccc3c2=CC(=O)c2ccccc2-3)C(C)(N2CN(CCN(C=O)C3CCCC3)c3cncnc32)C1=O. The molecule has 0 N–H and O–H groups in total. The molecule has 0 saturated heterocycles. The minimum absolute atomic E-state index is 0.0198. The lowest BCUT2D eigenvalue weighted by Crippen LogP contribution is -2.59. The van der Waals surface area contributed by atoms with E-state index in [2.05, 4.69) is 19.8 Å². The third-order valence-corrected chi connectivity index (χ3v) is 9.56. The smallest absolute Gasteiger partial charge is 0.210 e. The highest BCUT2D eigenvalue weighted by Crippen LogP contribution is 2.44. The number of carbonyl (C=O) groups excluding carboxylic acids is 3. The Kier molecular flexibility index (Phi) is 6.03. The molecule has 7 rings (SSSR count). The fourth-order valence-corrected chi connectivity index (χ4v) is 7.35. The molecule has 0 spiro atoms. The van der Waals surface area contributed by atoms with E-state index in [-0.39, 0.29) is 17.5 Å². The largest absolute Gasteiger partial charge is 0.348 e. The van der Waals surface area contributed by atoms with Gasteiger partial charge in [0.25, 0.3) is 0 Å². The van der Waals surface area contributed by atoms with Gasteiger partial charge in [0.15, 0.2) is 17.4 Å². The van der Waals surface area contributed by atoms with E-state index < -0.39 is 5.54 Å². The van der Waals surface area contributed by atoms with Gasteiger partial charge in [0, 0.05) is 30.6 Å². The first-order valence-corrected chi connectivity index (χ1v) is 14.5. The Bertz CT molecular complexity index is 1710. The van der Waals surface area contributed by atoms with Crippen molar-refractivity contribution in [1.82, 2.24) is 14.9 Å². The second kappa shape index (κ2) is 9.65. The predicted molar refractivity (Wildman–Crippen MR) is 158 cm³/mol. The molecule has 2 atom stereocenters. The van der Waals surface area contributed by atoms with Gasteiger partial charge < -0.3 is 14.7 Å². The molecule has 2 aromatic carbocycles. The van der Waals surface area contributed by atoms with E-state index in [0.717, 1.165) is 64.9 Å². The number of fused-ring (bicyclic) bond motifs is 6. The minimum atomic E-state index is -1.01. The lowest BCUT2D eigenvalue weighted by Gasteiger charge is -2.42. The van der Waals surface area contributed by atoms with Crippen molar-refractivity contribution >= 4 is 41.6 Å². The molecule has 208 valence electrons. The molecule has 4 aliphatic rings. The predicted octanol–water partition coefficient (Wildman–Crippen LogP) is 3.02. The van der Waals surface area contributed by atoms with Gasteiger partial charge in [0.2, 0.25) is 6.41 Å². The number of aromatic nitrogens is 2. The third kappa shape index (κ3) is 3.84. The summed E-state index contributed by atoms with van der Waals surface area (Å²) in [6.07, 6.45) is 12.5. The second-order valence-electron chi connectivity index (χ2n) is 11.8. The molecule has 41 heavy (non-hydrogen) atoms. The van der Waals surface area contributed by atoms with Crippen molar-refractivity contribution in [2.24, 2.45) is 5.92 Å². The maximum Gasteiger partial charge on any atom is 0.210 e. The van der Waals surface area contributed by atoms with Gasteiger partial charge in [0.05, 0.1) is 12.9 Å². The minimum Gasteiger partial charge on any atom is -0.348 e. The number of amides is 1. The van der Waals surface area contributed by atoms with Crippen LogP contribution in [0.4, 0.5) is 11.5 Å². The summed E-state index contributed by atoms with van der Waals surface area (Å²) in [5, 5.41) is 1.80. The van der Waals surface area contributed by atoms with Crippen molar-refractivity contribution in [3.63, 3.8) is 0 Å². The highest BCUT2D eigenvalue weighted by atomic mass is 16.1. The van der Waals surface area contributed by atoms with E-state index in [1.165, 1.54) is 6.33 Å². The average molecular weight is 548 g/mol. The molecule has 8 nitrogen and oxygen atoms in total. The van der Waals surface area contributed by atoms with Crippen molar-refractivity contribution in [2.75, 3.05) is 29.6 Å². The molecule has 2 unspecified atom stereocenters. The van der Waals surface area contributed by atoms with Gasteiger partial charge in [-0.1, -0.05) is 62.2 Å². The zero-order valence-electron chi connectivity index (χ0n) is 23.4. The van der Waals surface area contributed by atoms with Crippen LogP contribution in [0.3, 0.4) is 0 Å². The highest BCUT2D eigenvalue weighted by molar-refractivity contribution is 6.22. The van der Waals surface area contributed by atoms with Crippen LogP contribution in [0.5, 0.6) is 0 Å². The molecule has 0 radical (unpaired) electrons. The first kappa shape index (κ1) is 25.6. The number of nitrogens with zero attached hydrogens (tertiary/aromatic N) is 5. The standard InChI is InChI=1S/C33H33N5O3/c1-21-15-27-26-16-30(40)25-10-6-5-9-23(25)24(26)11-12-28(27)33(2,31(21)41)38-19-36(29-17-34-18-35-32(29)38)13-14-37(20-39)22-7-3-4-8-22/h5-6,9-12,15-18,20-22H,3-4,7-8,13-14,19H2,1-2H3. The second-order valence-corrected chi connectivity index (χ2v) is 11.8. The Labute approximate surface area is 239 Å². The van der Waals surface area contributed by atoms with E-state index in [9.17, 15) is 14.4 Å². The van der Waals surface area contributed by atoms with Crippen LogP contribution in [0.2, 0.25) is 0 Å². The van der Waals surface area contributed by atoms with Crippen LogP contribution in [0, 0.1) is 5.92 Å². The summed E-state index contributed by atoms with van der Waals surface area (Å²) in [4.78, 5) is 54.4. The van der Waals surface area contributed by atoms with Gasteiger partial charge in [-0.2, -0.15) is 0 Å². The van der Waals surface area contributed by atoms with Crippen LogP contribution in [-0.2, 0) is 15.1 Å². The lowest BCUT2D eigenvalue weighted by molar-refractivity contribution is -0.126. The number of Topliss-reactive ketones (excluding diaryl/α,β-unsaturated/α-hetero) is 2. The van der Waals surface area contributed by atoms with Crippen LogP contribution < -0.4 is 20.2 Å². The number of ketones is 2. The third-order valence-electron chi connectivity index (χ3n) is 9.56. The number of hydrogen-bond donors (Lipinski definition) is 0. The maximum absolute atomic E-state index is 14.2. The summed E-state index contributed by atoms with van der Waals surface area (Å²) in [6.45, 7) is 5.58. The molecule has 1 aliphatic heterocycles. The van der Waals surface area contributed by atoms with E-state index >= 15 is 0 Å². The van der Waals surface area contributed by atoms with Crippen molar-refractivity contribution in [3.8, 4) is 11.1 Å². The molecule has 1 aromatic heterocycles. The zero-order chi connectivity index (χ0) is 28.3. The summed E-state index contributed by atoms with van der Waals surface area (Å²) in [5.41, 5.74) is 3.34. The van der Waals surface area contributed by atoms with Crippen LogP contribution in [0.1, 0.15) is 55.5 Å². The normalized spacial score (nSPS) is 22.8. The summed E-state index contributed by atoms with van der Waals surface area (Å²) in [6, 6.07) is 12.1. The van der Waals surface area contributed by atoms with E-state index in [4.69, 9.17) is 0 Å². The molecule has 1 fully saturated rings. The Morgan fingerprint density at radius 2 is 1.83 bits per heavy atom. The van der Waals surface area contributed by atoms with Gasteiger partial charge in [-0.3, -0.25) is 14.4 Å². The van der Waals surface area contributed by atoms with Crippen molar-refractivity contribution < 1.29 is 14.4 Å². The van der Waals surface area contributed by atoms with Crippen LogP contribution in [0.25, 0.3) is 23.3 Å². The quantitative estimate of drug-likeness (QED) is 0.439. The van der Waals surface area contributed by atoms with E-state index in [1.54, 1.807) is 12.3 Å². The summed E-state index contributed by atoms with van der Waals surface area (Å²) in [7, 11) is 0. The van der Waals surface area contributed by atoms with Crippen molar-refractivity contribution in [2.45, 2.75) is 51.1 Å². The first-order valence-electron chi connectivity index (χ1n) is 14.5. The maximum atomic E-state index is 14.2.